The third kappa shape index (κ3) is 4.90. The van der Waals surface area contributed by atoms with Gasteiger partial charge in [-0.15, -0.1) is 10.2 Å². The van der Waals surface area contributed by atoms with E-state index in [0.29, 0.717) is 28.8 Å². The maximum atomic E-state index is 12.4. The molecule has 154 valence electrons. The number of anilines is 1. The fraction of sp³-hybridized carbons (Fsp3) is 0.200. The summed E-state index contributed by atoms with van der Waals surface area (Å²) in [7, 11) is 0. The number of aromatic nitrogens is 3. The minimum atomic E-state index is -0.503. The largest absolute Gasteiger partial charge is 0.326 e. The fourth-order valence-corrected chi connectivity index (χ4v) is 3.68. The number of Topliss-reactive ketones (excluding diaryl/α,β-unsaturated/α-hetero) is 1. The summed E-state index contributed by atoms with van der Waals surface area (Å²) in [6, 6.07) is 12.8. The smallest absolute Gasteiger partial charge is 0.269 e. The number of amides is 1. The molecule has 1 aromatic heterocycles. The molecule has 0 saturated heterocycles. The second-order valence-corrected chi connectivity index (χ2v) is 7.27. The van der Waals surface area contributed by atoms with Crippen LogP contribution in [0.3, 0.4) is 0 Å². The predicted octanol–water partition coefficient (Wildman–Crippen LogP) is 3.81. The van der Waals surface area contributed by atoms with Gasteiger partial charge in [-0.3, -0.25) is 19.7 Å². The fourth-order valence-electron chi connectivity index (χ4n) is 2.78. The predicted molar refractivity (Wildman–Crippen MR) is 114 cm³/mol. The molecule has 0 spiro atoms. The number of hydrogen-bond donors (Lipinski definition) is 1. The van der Waals surface area contributed by atoms with Crippen molar-refractivity contribution in [3.8, 4) is 11.4 Å². The van der Waals surface area contributed by atoms with Crippen LogP contribution >= 0.6 is 11.8 Å². The molecule has 0 aliphatic carbocycles. The van der Waals surface area contributed by atoms with Gasteiger partial charge in [-0.05, 0) is 43.3 Å². The van der Waals surface area contributed by atoms with E-state index in [4.69, 9.17) is 0 Å². The normalized spacial score (nSPS) is 10.6. The number of nitro benzene ring substituents is 1. The van der Waals surface area contributed by atoms with Gasteiger partial charge < -0.3 is 9.88 Å². The Morgan fingerprint density at radius 2 is 1.77 bits per heavy atom. The third-order valence-corrected chi connectivity index (χ3v) is 5.20. The Morgan fingerprint density at radius 3 is 2.33 bits per heavy atom. The van der Waals surface area contributed by atoms with Gasteiger partial charge in [-0.2, -0.15) is 0 Å². The van der Waals surface area contributed by atoms with Crippen molar-refractivity contribution in [3.05, 3.63) is 64.2 Å². The average Bonchev–Trinajstić information content (AvgIpc) is 3.15. The van der Waals surface area contributed by atoms with Gasteiger partial charge >= 0.3 is 0 Å². The molecule has 3 rings (SSSR count). The number of nitro groups is 1. The number of nitrogens with one attached hydrogen (secondary N) is 1. The molecular weight excluding hydrogens is 406 g/mol. The number of nitrogens with zero attached hydrogens (tertiary/aromatic N) is 4. The highest BCUT2D eigenvalue weighted by Gasteiger charge is 2.16. The first-order valence-corrected chi connectivity index (χ1v) is 10.1. The second-order valence-electron chi connectivity index (χ2n) is 6.32. The molecule has 0 atom stereocenters. The van der Waals surface area contributed by atoms with Crippen molar-refractivity contribution in [1.29, 1.82) is 0 Å². The lowest BCUT2D eigenvalue weighted by atomic mass is 10.1. The van der Waals surface area contributed by atoms with Crippen LogP contribution in [0.4, 0.5) is 11.4 Å². The molecule has 3 aromatic rings. The zero-order valence-corrected chi connectivity index (χ0v) is 17.2. The van der Waals surface area contributed by atoms with Crippen molar-refractivity contribution >= 4 is 34.8 Å². The highest BCUT2D eigenvalue weighted by Crippen LogP contribution is 2.26. The minimum absolute atomic E-state index is 0.0564. The van der Waals surface area contributed by atoms with Gasteiger partial charge in [0, 0.05) is 42.4 Å². The van der Waals surface area contributed by atoms with Gasteiger partial charge in [-0.1, -0.05) is 11.8 Å². The molecule has 1 heterocycles. The summed E-state index contributed by atoms with van der Waals surface area (Å²) in [6.07, 6.45) is 0. The van der Waals surface area contributed by atoms with Gasteiger partial charge in [0.2, 0.25) is 5.91 Å². The van der Waals surface area contributed by atoms with Crippen LogP contribution in [0.1, 0.15) is 24.2 Å². The molecule has 9 nitrogen and oxygen atoms in total. The first-order valence-electron chi connectivity index (χ1n) is 9.10. The van der Waals surface area contributed by atoms with Crippen molar-refractivity contribution in [2.75, 3.05) is 11.1 Å². The Morgan fingerprint density at radius 1 is 1.10 bits per heavy atom. The zero-order chi connectivity index (χ0) is 21.7. The van der Waals surface area contributed by atoms with Gasteiger partial charge in [0.25, 0.3) is 5.69 Å². The van der Waals surface area contributed by atoms with Crippen LogP contribution in [0.2, 0.25) is 0 Å². The molecule has 0 radical (unpaired) electrons. The highest BCUT2D eigenvalue weighted by atomic mass is 32.2. The molecule has 1 amide bonds. The molecule has 0 aliphatic heterocycles. The van der Waals surface area contributed by atoms with Crippen LogP contribution in [0.25, 0.3) is 11.4 Å². The first kappa shape index (κ1) is 21.2. The van der Waals surface area contributed by atoms with Crippen LogP contribution in [0.15, 0.2) is 53.7 Å². The Bertz CT molecular complexity index is 1080. The van der Waals surface area contributed by atoms with Crippen molar-refractivity contribution in [3.63, 3.8) is 0 Å². The number of rotatable bonds is 8. The number of carbonyl (C=O) groups is 2. The van der Waals surface area contributed by atoms with E-state index in [9.17, 15) is 19.7 Å². The van der Waals surface area contributed by atoms with Gasteiger partial charge in [0.15, 0.2) is 16.8 Å². The number of thioether (sulfide) groups is 1. The molecule has 0 unspecified atom stereocenters. The molecule has 0 aliphatic rings. The van der Waals surface area contributed by atoms with E-state index in [1.165, 1.54) is 43.0 Å². The lowest BCUT2D eigenvalue weighted by Crippen LogP contribution is -2.06. The van der Waals surface area contributed by atoms with Crippen LogP contribution in [-0.4, -0.2) is 37.1 Å². The summed E-state index contributed by atoms with van der Waals surface area (Å²) in [5.74, 6) is 0.506. The third-order valence-electron chi connectivity index (χ3n) is 4.23. The molecule has 0 fully saturated rings. The standard InChI is InChI=1S/C20H19N5O4S/c1-3-24-19(15-4-8-16(9-5-15)21-13(2)26)22-23-20(24)30-12-18(27)14-6-10-17(11-7-14)25(28)29/h4-11H,3,12H2,1-2H3,(H,21,26). The van der Waals surface area contributed by atoms with E-state index < -0.39 is 4.92 Å². The van der Waals surface area contributed by atoms with Crippen LogP contribution in [0.5, 0.6) is 0 Å². The first-order chi connectivity index (χ1) is 14.4. The number of ketones is 1. The van der Waals surface area contributed by atoms with Crippen LogP contribution in [0, 0.1) is 10.1 Å². The minimum Gasteiger partial charge on any atom is -0.326 e. The summed E-state index contributed by atoms with van der Waals surface area (Å²) in [5, 5.41) is 22.5. The van der Waals surface area contributed by atoms with Crippen molar-refractivity contribution in [2.24, 2.45) is 0 Å². The van der Waals surface area contributed by atoms with Gasteiger partial charge in [-0.25, -0.2) is 0 Å². The number of benzene rings is 2. The lowest BCUT2D eigenvalue weighted by Gasteiger charge is -2.08. The summed E-state index contributed by atoms with van der Waals surface area (Å²) in [4.78, 5) is 33.8. The molecular formula is C20H19N5O4S. The number of hydrogen-bond acceptors (Lipinski definition) is 7. The van der Waals surface area contributed by atoms with Crippen molar-refractivity contribution in [1.82, 2.24) is 14.8 Å². The summed E-state index contributed by atoms with van der Waals surface area (Å²) in [6.45, 7) is 4.02. The van der Waals surface area contributed by atoms with Gasteiger partial charge in [0.05, 0.1) is 10.7 Å². The Hall–Kier alpha value is -3.53. The Balaban J connectivity index is 1.71. The molecule has 30 heavy (non-hydrogen) atoms. The summed E-state index contributed by atoms with van der Waals surface area (Å²) in [5.41, 5.74) is 1.88. The molecule has 0 saturated carbocycles. The second kappa shape index (κ2) is 9.31. The van der Waals surface area contributed by atoms with Crippen LogP contribution in [-0.2, 0) is 11.3 Å². The number of carbonyl (C=O) groups excluding carboxylic acids is 2. The highest BCUT2D eigenvalue weighted by molar-refractivity contribution is 7.99. The van der Waals surface area contributed by atoms with E-state index >= 15 is 0 Å². The van der Waals surface area contributed by atoms with E-state index in [0.717, 1.165) is 5.56 Å². The maximum Gasteiger partial charge on any atom is 0.269 e. The number of non-ortho nitro benzene ring substituents is 1. The van der Waals surface area contributed by atoms with E-state index in [-0.39, 0.29) is 23.1 Å². The Labute approximate surface area is 176 Å². The maximum absolute atomic E-state index is 12.4. The quantitative estimate of drug-likeness (QED) is 0.252. The van der Waals surface area contributed by atoms with Gasteiger partial charge in [0.1, 0.15) is 0 Å². The van der Waals surface area contributed by atoms with E-state index in [2.05, 4.69) is 15.5 Å². The SMILES string of the molecule is CCn1c(SCC(=O)c2ccc([N+](=O)[O-])cc2)nnc1-c1ccc(NC(C)=O)cc1. The monoisotopic (exact) mass is 425 g/mol. The molecule has 1 N–H and O–H groups in total. The Kier molecular flexibility index (Phi) is 6.58. The topological polar surface area (TPSA) is 120 Å². The molecule has 0 bridgehead atoms. The van der Waals surface area contributed by atoms with Crippen LogP contribution < -0.4 is 5.32 Å². The average molecular weight is 425 g/mol. The van der Waals surface area contributed by atoms with E-state index in [1.54, 1.807) is 12.1 Å². The van der Waals surface area contributed by atoms with Crippen molar-refractivity contribution < 1.29 is 14.5 Å². The zero-order valence-electron chi connectivity index (χ0n) is 16.4. The summed E-state index contributed by atoms with van der Waals surface area (Å²) < 4.78 is 1.90. The summed E-state index contributed by atoms with van der Waals surface area (Å²) >= 11 is 1.26. The van der Waals surface area contributed by atoms with E-state index in [1.807, 2.05) is 23.6 Å². The lowest BCUT2D eigenvalue weighted by molar-refractivity contribution is -0.384. The van der Waals surface area contributed by atoms with Crippen molar-refractivity contribution in [2.45, 2.75) is 25.5 Å². The molecule has 10 heteroatoms. The molecule has 2 aromatic carbocycles.